The highest BCUT2D eigenvalue weighted by atomic mass is 35.5. The quantitative estimate of drug-likeness (QED) is 0.501. The predicted octanol–water partition coefficient (Wildman–Crippen LogP) is 4.80. The molecule has 0 bridgehead atoms. The first-order chi connectivity index (χ1) is 14.1. The van der Waals surface area contributed by atoms with Gasteiger partial charge in [0.15, 0.2) is 5.82 Å². The van der Waals surface area contributed by atoms with Crippen molar-refractivity contribution in [3.8, 4) is 0 Å². The van der Waals surface area contributed by atoms with Crippen molar-refractivity contribution in [3.63, 3.8) is 0 Å². The molecule has 29 heavy (non-hydrogen) atoms. The lowest BCUT2D eigenvalue weighted by molar-refractivity contribution is 0.253. The number of hydrogen-bond donors (Lipinski definition) is 2. The van der Waals surface area contributed by atoms with Gasteiger partial charge in [-0.05, 0) is 52.0 Å². The van der Waals surface area contributed by atoms with Gasteiger partial charge in [0.25, 0.3) is 0 Å². The van der Waals surface area contributed by atoms with Gasteiger partial charge in [0.05, 0.1) is 17.1 Å². The molecule has 0 unspecified atom stereocenters. The zero-order chi connectivity index (χ0) is 20.0. The third kappa shape index (κ3) is 3.32. The van der Waals surface area contributed by atoms with Gasteiger partial charge in [0.2, 0.25) is 0 Å². The maximum absolute atomic E-state index is 6.54. The number of hydrogen-bond acceptors (Lipinski definition) is 5. The van der Waals surface area contributed by atoms with E-state index in [4.69, 9.17) is 21.6 Å². The van der Waals surface area contributed by atoms with Gasteiger partial charge in [0.1, 0.15) is 5.69 Å². The highest BCUT2D eigenvalue weighted by molar-refractivity contribution is 6.36. The number of anilines is 2. The van der Waals surface area contributed by atoms with Crippen LogP contribution in [0.25, 0.3) is 0 Å². The molecule has 1 aromatic carbocycles. The van der Waals surface area contributed by atoms with E-state index < -0.39 is 0 Å². The van der Waals surface area contributed by atoms with Crippen molar-refractivity contribution in [2.45, 2.75) is 25.7 Å². The van der Waals surface area contributed by atoms with Crippen molar-refractivity contribution in [2.24, 2.45) is 4.99 Å². The van der Waals surface area contributed by atoms with Crippen LogP contribution >= 0.6 is 11.6 Å². The summed E-state index contributed by atoms with van der Waals surface area (Å²) in [7, 11) is 2.18. The lowest BCUT2D eigenvalue weighted by Gasteiger charge is -2.29. The van der Waals surface area contributed by atoms with Crippen molar-refractivity contribution in [1.29, 1.82) is 0 Å². The second-order valence-corrected chi connectivity index (χ2v) is 8.25. The van der Waals surface area contributed by atoms with Crippen molar-refractivity contribution in [1.82, 2.24) is 20.1 Å². The first-order valence-corrected chi connectivity index (χ1v) is 10.3. The summed E-state index contributed by atoms with van der Waals surface area (Å²) in [5.74, 6) is 1.20. The summed E-state index contributed by atoms with van der Waals surface area (Å²) in [5.41, 5.74) is 6.44. The van der Waals surface area contributed by atoms with Crippen LogP contribution in [0.5, 0.6) is 0 Å². The number of halogens is 1. The summed E-state index contributed by atoms with van der Waals surface area (Å²) in [4.78, 5) is 12.2. The van der Waals surface area contributed by atoms with Crippen LogP contribution in [0.4, 0.5) is 17.2 Å². The Bertz CT molecular complexity index is 1090. The maximum atomic E-state index is 6.54. The van der Waals surface area contributed by atoms with E-state index in [0.29, 0.717) is 10.9 Å². The summed E-state index contributed by atoms with van der Waals surface area (Å²) < 4.78 is 0. The van der Waals surface area contributed by atoms with Crippen LogP contribution in [-0.2, 0) is 0 Å². The van der Waals surface area contributed by atoms with E-state index in [2.05, 4.69) is 33.5 Å². The van der Waals surface area contributed by atoms with Gasteiger partial charge in [-0.3, -0.25) is 10.1 Å². The van der Waals surface area contributed by atoms with Crippen LogP contribution < -0.4 is 5.32 Å². The van der Waals surface area contributed by atoms with Crippen LogP contribution in [0.3, 0.4) is 0 Å². The Labute approximate surface area is 175 Å². The molecule has 0 spiro atoms. The van der Waals surface area contributed by atoms with E-state index in [1.54, 1.807) is 0 Å². The molecular weight excluding hydrogens is 384 g/mol. The van der Waals surface area contributed by atoms with E-state index in [1.165, 1.54) is 0 Å². The Morgan fingerprint density at radius 1 is 1.14 bits per heavy atom. The van der Waals surface area contributed by atoms with Crippen molar-refractivity contribution in [3.05, 3.63) is 64.1 Å². The molecule has 1 fully saturated rings. The maximum Gasteiger partial charge on any atom is 0.178 e. The van der Waals surface area contributed by atoms with Crippen LogP contribution in [0.2, 0.25) is 5.02 Å². The standard InChI is InChI=1S/C22H23ClN6/c1-13-20-22(28-27-13)25-19-11-18(14-7-9-29(2)10-8-14)24-12-16(19)21(26-20)15-5-3-4-6-17(15)23/h3-6,11-12,14H,7-10H2,1-2H3,(H2,25,27,28). The van der Waals surface area contributed by atoms with E-state index in [-0.39, 0.29) is 0 Å². The van der Waals surface area contributed by atoms with Gasteiger partial charge < -0.3 is 10.2 Å². The lowest BCUT2D eigenvalue weighted by Crippen LogP contribution is -2.29. The zero-order valence-corrected chi connectivity index (χ0v) is 17.3. The van der Waals surface area contributed by atoms with Gasteiger partial charge in [-0.1, -0.05) is 29.8 Å². The molecule has 2 aliphatic heterocycles. The van der Waals surface area contributed by atoms with Crippen molar-refractivity contribution in [2.75, 3.05) is 25.5 Å². The number of benzene rings is 1. The summed E-state index contributed by atoms with van der Waals surface area (Å²) in [6.45, 7) is 4.18. The Balaban J connectivity index is 1.64. The molecule has 0 radical (unpaired) electrons. The van der Waals surface area contributed by atoms with Gasteiger partial charge >= 0.3 is 0 Å². The van der Waals surface area contributed by atoms with Crippen LogP contribution in [0.1, 0.15) is 41.3 Å². The monoisotopic (exact) mass is 406 g/mol. The number of aryl methyl sites for hydroxylation is 1. The largest absolute Gasteiger partial charge is 0.336 e. The van der Waals surface area contributed by atoms with Crippen LogP contribution in [0.15, 0.2) is 41.5 Å². The molecule has 0 aliphatic carbocycles. The summed E-state index contributed by atoms with van der Waals surface area (Å²) in [6.07, 6.45) is 4.18. The molecule has 5 rings (SSSR count). The lowest BCUT2D eigenvalue weighted by atomic mass is 9.92. The third-order valence-corrected chi connectivity index (χ3v) is 6.17. The van der Waals surface area contributed by atoms with E-state index in [1.807, 2.05) is 37.4 Å². The van der Waals surface area contributed by atoms with Gasteiger partial charge in [0, 0.05) is 34.0 Å². The van der Waals surface area contributed by atoms with E-state index in [0.717, 1.165) is 71.4 Å². The molecule has 0 saturated carbocycles. The SMILES string of the molecule is Cc1[nH]nc2c1N=C(c1ccccc1Cl)c1cnc(C3CCN(C)CC3)cc1N2. The summed E-state index contributed by atoms with van der Waals surface area (Å²) >= 11 is 6.54. The number of H-pyrrole nitrogens is 1. The zero-order valence-electron chi connectivity index (χ0n) is 16.5. The van der Waals surface area contributed by atoms with Gasteiger partial charge in [-0.15, -0.1) is 0 Å². The molecular formula is C22H23ClN6. The molecule has 1 saturated heterocycles. The molecule has 2 N–H and O–H groups in total. The van der Waals surface area contributed by atoms with E-state index in [9.17, 15) is 0 Å². The van der Waals surface area contributed by atoms with Gasteiger partial charge in [-0.2, -0.15) is 5.10 Å². The number of nitrogens with one attached hydrogen (secondary N) is 2. The number of aromatic amines is 1. The van der Waals surface area contributed by atoms with Crippen molar-refractivity contribution >= 4 is 34.5 Å². The van der Waals surface area contributed by atoms with Crippen molar-refractivity contribution < 1.29 is 0 Å². The number of piperidine rings is 1. The number of fused-ring (bicyclic) bond motifs is 2. The fourth-order valence-electron chi connectivity index (χ4n) is 4.10. The van der Waals surface area contributed by atoms with E-state index >= 15 is 0 Å². The Kier molecular flexibility index (Phi) is 4.60. The summed E-state index contributed by atoms with van der Waals surface area (Å²) in [5, 5.41) is 11.6. The number of pyridine rings is 1. The average molecular weight is 407 g/mol. The Hall–Kier alpha value is -2.70. The first kappa shape index (κ1) is 18.3. The fourth-order valence-corrected chi connectivity index (χ4v) is 4.32. The molecule has 2 aliphatic rings. The molecule has 4 heterocycles. The third-order valence-electron chi connectivity index (χ3n) is 5.84. The summed E-state index contributed by atoms with van der Waals surface area (Å²) in [6, 6.07) is 9.96. The molecule has 0 amide bonds. The highest BCUT2D eigenvalue weighted by Gasteiger charge is 2.25. The normalized spacial score (nSPS) is 17.1. The Morgan fingerprint density at radius 3 is 2.72 bits per heavy atom. The Morgan fingerprint density at radius 2 is 1.93 bits per heavy atom. The molecule has 148 valence electrons. The molecule has 0 atom stereocenters. The van der Waals surface area contributed by atoms with Crippen LogP contribution in [0, 0.1) is 6.92 Å². The number of aromatic nitrogens is 3. The number of nitrogens with zero attached hydrogens (tertiary/aromatic N) is 4. The van der Waals surface area contributed by atoms with Crippen LogP contribution in [-0.4, -0.2) is 45.9 Å². The molecule has 6 nitrogen and oxygen atoms in total. The number of rotatable bonds is 2. The molecule has 3 aromatic rings. The minimum absolute atomic E-state index is 0.475. The fraction of sp³-hybridized carbons (Fsp3) is 0.318. The smallest absolute Gasteiger partial charge is 0.178 e. The highest BCUT2D eigenvalue weighted by Crippen LogP contribution is 2.38. The number of likely N-dealkylation sites (tertiary alicyclic amines) is 1. The second kappa shape index (κ2) is 7.28. The topological polar surface area (TPSA) is 69.2 Å². The second-order valence-electron chi connectivity index (χ2n) is 7.84. The average Bonchev–Trinajstić information content (AvgIpc) is 2.98. The minimum atomic E-state index is 0.475. The first-order valence-electron chi connectivity index (χ1n) is 9.94. The van der Waals surface area contributed by atoms with Gasteiger partial charge in [-0.25, -0.2) is 4.99 Å². The number of aliphatic imine (C=N–C) groups is 1. The minimum Gasteiger partial charge on any atom is -0.336 e. The molecule has 7 heteroatoms. The molecule has 2 aromatic heterocycles. The predicted molar refractivity (Wildman–Crippen MR) is 117 cm³/mol.